The fourth-order valence-corrected chi connectivity index (χ4v) is 0.289. The molecule has 0 bridgehead atoms. The van der Waals surface area contributed by atoms with Crippen LogP contribution in [0.3, 0.4) is 0 Å². The summed E-state index contributed by atoms with van der Waals surface area (Å²) in [5.41, 5.74) is 0. The van der Waals surface area contributed by atoms with E-state index in [4.69, 9.17) is 0 Å². The maximum Gasteiger partial charge on any atom is -0.00266 e. The van der Waals surface area contributed by atoms with Gasteiger partial charge >= 0.3 is 0 Å². The van der Waals surface area contributed by atoms with Crippen LogP contribution in [0.1, 0.15) is 13.3 Å². The van der Waals surface area contributed by atoms with Crippen molar-refractivity contribution in [1.82, 2.24) is 0 Å². The van der Waals surface area contributed by atoms with Crippen molar-refractivity contribution in [3.8, 4) is 0 Å². The third-order valence-corrected chi connectivity index (χ3v) is 0.524. The Bertz CT molecular complexity index is 30.6. The van der Waals surface area contributed by atoms with Gasteiger partial charge in [-0.15, -0.1) is 0 Å². The first kappa shape index (κ1) is 4.96. The molecular weight excluding hydrogens is 80.1 g/mol. The number of hydrogen-bond acceptors (Lipinski definition) is 0. The minimum absolute atomic E-state index is 1.06. The van der Waals surface area contributed by atoms with Crippen LogP contribution in [0, 0.1) is 0 Å². The van der Waals surface area contributed by atoms with Gasteiger partial charge in [0.15, 0.2) is 0 Å². The summed E-state index contributed by atoms with van der Waals surface area (Å²) in [6, 6.07) is 0. The lowest BCUT2D eigenvalue weighted by atomic mass is 10.5. The first-order valence-corrected chi connectivity index (χ1v) is 2.16. The molecule has 1 radical (unpaired) electrons. The molecule has 0 atom stereocenters. The lowest BCUT2D eigenvalue weighted by Gasteiger charge is -1.63. The first-order chi connectivity index (χ1) is 2.41. The van der Waals surface area contributed by atoms with Gasteiger partial charge in [-0.05, 0) is 11.8 Å². The van der Waals surface area contributed by atoms with E-state index in [1.807, 2.05) is 6.08 Å². The molecule has 29 valence electrons. The molecule has 0 spiro atoms. The maximum atomic E-state index is 4.47. The van der Waals surface area contributed by atoms with Crippen LogP contribution in [-0.2, 0) is 0 Å². The van der Waals surface area contributed by atoms with Crippen molar-refractivity contribution >= 4 is 12.6 Å². The highest BCUT2D eigenvalue weighted by atomic mass is 32.1. The average Bonchev–Trinajstić information content (AvgIpc) is 1.41. The summed E-state index contributed by atoms with van der Waals surface area (Å²) in [7, 11) is 0. The Balaban J connectivity index is 2.62. The number of rotatable bonds is 1. The average molecular weight is 87.2 g/mol. The third-order valence-electron chi connectivity index (χ3n) is 0.332. The minimum atomic E-state index is 1.06. The Morgan fingerprint density at radius 3 is 2.40 bits per heavy atom. The number of allylic oxidation sites excluding steroid dienone is 1. The minimum Gasteiger partial charge on any atom is -0.0891 e. The fraction of sp³-hybridized carbons (Fsp3) is 0.500. The van der Waals surface area contributed by atoms with Crippen molar-refractivity contribution in [1.29, 1.82) is 0 Å². The summed E-state index contributed by atoms with van der Waals surface area (Å²) in [5.74, 6) is 0. The molecule has 0 saturated heterocycles. The molecule has 0 amide bonds. The second-order valence-electron chi connectivity index (χ2n) is 0.780. The Hall–Kier alpha value is -0.0400. The van der Waals surface area contributed by atoms with Gasteiger partial charge in [0.05, 0.1) is 0 Å². The van der Waals surface area contributed by atoms with Gasteiger partial charge in [-0.3, -0.25) is 0 Å². The highest BCUT2D eigenvalue weighted by molar-refractivity contribution is 7.83. The topological polar surface area (TPSA) is 0 Å². The highest BCUT2D eigenvalue weighted by Gasteiger charge is 1.53. The van der Waals surface area contributed by atoms with Gasteiger partial charge in [0.1, 0.15) is 0 Å². The molecule has 0 aromatic rings. The molecule has 0 nitrogen and oxygen atoms in total. The van der Waals surface area contributed by atoms with Crippen LogP contribution in [0.25, 0.3) is 0 Å². The van der Waals surface area contributed by atoms with Gasteiger partial charge in [-0.1, -0.05) is 25.6 Å². The van der Waals surface area contributed by atoms with E-state index in [9.17, 15) is 0 Å². The maximum absolute atomic E-state index is 4.47. The van der Waals surface area contributed by atoms with Crippen LogP contribution >= 0.6 is 12.6 Å². The van der Waals surface area contributed by atoms with Gasteiger partial charge in [0.25, 0.3) is 0 Å². The van der Waals surface area contributed by atoms with Crippen molar-refractivity contribution in [2.75, 3.05) is 0 Å². The van der Waals surface area contributed by atoms with Crippen molar-refractivity contribution < 1.29 is 0 Å². The third kappa shape index (κ3) is 3.96. The lowest BCUT2D eigenvalue weighted by molar-refractivity contribution is 1.23. The molecule has 0 aromatic heterocycles. The molecule has 0 aliphatic heterocycles. The van der Waals surface area contributed by atoms with E-state index in [0.29, 0.717) is 0 Å². The van der Waals surface area contributed by atoms with Crippen LogP contribution in [0.5, 0.6) is 0 Å². The van der Waals surface area contributed by atoms with Crippen LogP contribution in [0.15, 0.2) is 11.5 Å². The fourth-order valence-electron chi connectivity index (χ4n) is 0.0962. The Morgan fingerprint density at radius 1 is 1.80 bits per heavy atom. The standard InChI is InChI=1S/C4H7S/c1-2-3-4-5/h3-4H,2H2,1H3/b4-3-. The summed E-state index contributed by atoms with van der Waals surface area (Å²) in [6.45, 7) is 2.06. The summed E-state index contributed by atoms with van der Waals surface area (Å²) in [5, 5.41) is 1.64. The van der Waals surface area contributed by atoms with Crippen LogP contribution in [-0.4, -0.2) is 0 Å². The SMILES string of the molecule is CC/C=C\[S]. The lowest BCUT2D eigenvalue weighted by Crippen LogP contribution is -1.41. The van der Waals surface area contributed by atoms with Crippen molar-refractivity contribution in [3.63, 3.8) is 0 Å². The van der Waals surface area contributed by atoms with Gasteiger partial charge in [-0.2, -0.15) is 0 Å². The zero-order chi connectivity index (χ0) is 4.12. The van der Waals surface area contributed by atoms with Crippen molar-refractivity contribution in [3.05, 3.63) is 11.5 Å². The van der Waals surface area contributed by atoms with Gasteiger partial charge < -0.3 is 0 Å². The van der Waals surface area contributed by atoms with Crippen LogP contribution in [0.4, 0.5) is 0 Å². The molecule has 0 N–H and O–H groups in total. The predicted octanol–water partition coefficient (Wildman–Crippen LogP) is 2.11. The largest absolute Gasteiger partial charge is 0.0891 e. The molecule has 0 fully saturated rings. The van der Waals surface area contributed by atoms with E-state index < -0.39 is 0 Å². The molecule has 0 saturated carbocycles. The molecule has 0 unspecified atom stereocenters. The molecule has 5 heavy (non-hydrogen) atoms. The Morgan fingerprint density at radius 2 is 2.40 bits per heavy atom. The monoisotopic (exact) mass is 87.0 g/mol. The Kier molecular flexibility index (Phi) is 3.93. The molecule has 0 aromatic carbocycles. The highest BCUT2D eigenvalue weighted by Crippen LogP contribution is 1.79. The Labute approximate surface area is 38.3 Å². The smallest absolute Gasteiger partial charge is 0.00266 e. The summed E-state index contributed by atoms with van der Waals surface area (Å²) in [4.78, 5) is 0. The second-order valence-corrected chi connectivity index (χ2v) is 1.05. The van der Waals surface area contributed by atoms with Gasteiger partial charge in [0.2, 0.25) is 0 Å². The summed E-state index contributed by atoms with van der Waals surface area (Å²) >= 11 is 4.47. The second kappa shape index (κ2) is 3.96. The predicted molar refractivity (Wildman–Crippen MR) is 27.0 cm³/mol. The van der Waals surface area contributed by atoms with Gasteiger partial charge in [-0.25, -0.2) is 0 Å². The van der Waals surface area contributed by atoms with Gasteiger partial charge in [0, 0.05) is 0 Å². The van der Waals surface area contributed by atoms with E-state index >= 15 is 0 Å². The quantitative estimate of drug-likeness (QED) is 0.459. The van der Waals surface area contributed by atoms with E-state index in [1.165, 1.54) is 0 Å². The van der Waals surface area contributed by atoms with E-state index in [0.717, 1.165) is 6.42 Å². The molecule has 0 aliphatic rings. The van der Waals surface area contributed by atoms with Crippen molar-refractivity contribution in [2.24, 2.45) is 0 Å². The van der Waals surface area contributed by atoms with Crippen LogP contribution in [0.2, 0.25) is 0 Å². The van der Waals surface area contributed by atoms with E-state index in [2.05, 4.69) is 19.6 Å². The molecule has 0 aliphatic carbocycles. The summed E-state index contributed by atoms with van der Waals surface area (Å²) < 4.78 is 0. The molecule has 0 heterocycles. The molecule has 1 heteroatoms. The van der Waals surface area contributed by atoms with Crippen LogP contribution < -0.4 is 0 Å². The molecule has 0 rings (SSSR count). The van der Waals surface area contributed by atoms with E-state index in [1.54, 1.807) is 5.41 Å². The normalized spacial score (nSPS) is 9.80. The first-order valence-electron chi connectivity index (χ1n) is 1.68. The number of hydrogen-bond donors (Lipinski definition) is 0. The zero-order valence-electron chi connectivity index (χ0n) is 3.27. The van der Waals surface area contributed by atoms with Crippen molar-refractivity contribution in [2.45, 2.75) is 13.3 Å². The zero-order valence-corrected chi connectivity index (χ0v) is 4.09. The van der Waals surface area contributed by atoms with E-state index in [-0.39, 0.29) is 0 Å². The summed E-state index contributed by atoms with van der Waals surface area (Å²) in [6.07, 6.45) is 3.00. The molecular formula is C4H7S.